The predicted molar refractivity (Wildman–Crippen MR) is 85.7 cm³/mol. The van der Waals surface area contributed by atoms with Crippen molar-refractivity contribution in [3.63, 3.8) is 0 Å². The molecule has 2 aromatic heterocycles. The molecule has 2 heterocycles. The van der Waals surface area contributed by atoms with E-state index in [9.17, 15) is 9.00 Å². The molecule has 0 fully saturated rings. The van der Waals surface area contributed by atoms with Crippen LogP contribution in [-0.4, -0.2) is 31.5 Å². The summed E-state index contributed by atoms with van der Waals surface area (Å²) in [5.41, 5.74) is 0.927. The molecule has 0 spiro atoms. The highest BCUT2D eigenvalue weighted by molar-refractivity contribution is 7.95. The Kier molecular flexibility index (Phi) is 4.05. The van der Waals surface area contributed by atoms with Gasteiger partial charge in [0.25, 0.3) is 5.91 Å². The average Bonchev–Trinajstić information content (AvgIpc) is 3.18. The molecular weight excluding hydrogens is 336 g/mol. The number of hydrogen-bond acceptors (Lipinski definition) is 7. The summed E-state index contributed by atoms with van der Waals surface area (Å²) in [6, 6.07) is 6.63. The van der Waals surface area contributed by atoms with Crippen LogP contribution in [0.3, 0.4) is 0 Å². The van der Waals surface area contributed by atoms with E-state index in [0.29, 0.717) is 27.2 Å². The van der Waals surface area contributed by atoms with Gasteiger partial charge >= 0.3 is 0 Å². The van der Waals surface area contributed by atoms with Crippen LogP contribution in [0.1, 0.15) is 16.2 Å². The molecule has 1 atom stereocenters. The highest BCUT2D eigenvalue weighted by Crippen LogP contribution is 2.19. The molecule has 0 bridgehead atoms. The Balaban J connectivity index is 1.96. The molecule has 0 aliphatic carbocycles. The Morgan fingerprint density at radius 3 is 2.87 bits per heavy atom. The predicted octanol–water partition coefficient (Wildman–Crippen LogP) is 2.80. The van der Waals surface area contributed by atoms with E-state index in [4.69, 9.17) is 4.52 Å². The second-order valence-electron chi connectivity index (χ2n) is 4.71. The van der Waals surface area contributed by atoms with Gasteiger partial charge in [-0.2, -0.15) is 9.35 Å². The van der Waals surface area contributed by atoms with Gasteiger partial charge in [-0.3, -0.25) is 4.79 Å². The van der Waals surface area contributed by atoms with Gasteiger partial charge in [0.1, 0.15) is 9.73 Å². The number of aryl methyl sites for hydroxylation is 1. The van der Waals surface area contributed by atoms with Crippen molar-refractivity contribution >= 4 is 27.0 Å². The first kappa shape index (κ1) is 15.5. The summed E-state index contributed by atoms with van der Waals surface area (Å²) in [6.45, 7) is 1.68. The van der Waals surface area contributed by atoms with Gasteiger partial charge in [-0.1, -0.05) is 17.3 Å². The van der Waals surface area contributed by atoms with Gasteiger partial charge in [0.15, 0.2) is 4.34 Å². The molecule has 0 N–H and O–H groups in total. The fraction of sp³-hybridized carbons (Fsp3) is 0.143. The van der Waals surface area contributed by atoms with Crippen LogP contribution >= 0.6 is 11.3 Å². The second-order valence-corrected chi connectivity index (χ2v) is 8.04. The van der Waals surface area contributed by atoms with Crippen molar-refractivity contribution in [2.75, 3.05) is 6.26 Å². The molecule has 0 saturated carbocycles. The first-order valence-corrected chi connectivity index (χ1v) is 9.33. The van der Waals surface area contributed by atoms with E-state index >= 15 is 0 Å². The molecule has 1 amide bonds. The molecule has 7 nitrogen and oxygen atoms in total. The number of carbonyl (C=O) groups excluding carboxylic acids is 1. The number of hydrogen-bond donors (Lipinski definition) is 0. The summed E-state index contributed by atoms with van der Waals surface area (Å²) in [5, 5.41) is 5.50. The topological polar surface area (TPSA) is 98.3 Å². The van der Waals surface area contributed by atoms with Crippen LogP contribution in [-0.2, 0) is 9.73 Å². The number of thiazole rings is 1. The third kappa shape index (κ3) is 3.35. The van der Waals surface area contributed by atoms with Crippen LogP contribution in [0.15, 0.2) is 49.1 Å². The SMILES string of the molecule is Cc1nc(-c2cccc(C(=O)N=S(C)(=O)c3nccs3)c2)no1. The van der Waals surface area contributed by atoms with E-state index < -0.39 is 15.6 Å². The fourth-order valence-corrected chi connectivity index (χ4v) is 3.96. The van der Waals surface area contributed by atoms with Crippen molar-refractivity contribution < 1.29 is 13.5 Å². The van der Waals surface area contributed by atoms with Gasteiger partial charge in [-0.05, 0) is 12.1 Å². The minimum Gasteiger partial charge on any atom is -0.339 e. The maximum Gasteiger partial charge on any atom is 0.285 e. The molecule has 0 saturated heterocycles. The van der Waals surface area contributed by atoms with E-state index in [1.54, 1.807) is 36.6 Å². The minimum atomic E-state index is -2.85. The van der Waals surface area contributed by atoms with Crippen molar-refractivity contribution in [3.8, 4) is 11.4 Å². The summed E-state index contributed by atoms with van der Waals surface area (Å²) in [4.78, 5) is 20.4. The first-order valence-electron chi connectivity index (χ1n) is 6.52. The number of amides is 1. The highest BCUT2D eigenvalue weighted by Gasteiger charge is 2.15. The average molecular weight is 348 g/mol. The Morgan fingerprint density at radius 2 is 2.22 bits per heavy atom. The lowest BCUT2D eigenvalue weighted by Crippen LogP contribution is -2.03. The Morgan fingerprint density at radius 1 is 1.39 bits per heavy atom. The van der Waals surface area contributed by atoms with Crippen LogP contribution < -0.4 is 0 Å². The summed E-state index contributed by atoms with van der Waals surface area (Å²) in [5.74, 6) is 0.242. The molecule has 0 aliphatic rings. The molecule has 1 unspecified atom stereocenters. The molecule has 23 heavy (non-hydrogen) atoms. The number of aromatic nitrogens is 3. The van der Waals surface area contributed by atoms with Crippen molar-refractivity contribution in [2.45, 2.75) is 11.3 Å². The Bertz CT molecular complexity index is 970. The molecule has 9 heteroatoms. The normalized spacial score (nSPS) is 13.5. The van der Waals surface area contributed by atoms with Crippen LogP contribution in [0.5, 0.6) is 0 Å². The fourth-order valence-electron chi connectivity index (χ4n) is 1.86. The zero-order valence-corrected chi connectivity index (χ0v) is 13.9. The van der Waals surface area contributed by atoms with Crippen molar-refractivity contribution in [2.24, 2.45) is 4.36 Å². The second kappa shape index (κ2) is 6.01. The maximum atomic E-state index is 12.5. The number of nitrogens with zero attached hydrogens (tertiary/aromatic N) is 4. The zero-order valence-electron chi connectivity index (χ0n) is 12.3. The molecule has 3 aromatic rings. The van der Waals surface area contributed by atoms with E-state index in [1.165, 1.54) is 23.8 Å². The minimum absolute atomic E-state index is 0.302. The van der Waals surface area contributed by atoms with Crippen molar-refractivity contribution in [3.05, 3.63) is 47.3 Å². The van der Waals surface area contributed by atoms with Gasteiger partial charge in [-0.25, -0.2) is 9.19 Å². The first-order chi connectivity index (χ1) is 11.0. The van der Waals surface area contributed by atoms with Crippen LogP contribution in [0.25, 0.3) is 11.4 Å². The summed E-state index contributed by atoms with van der Waals surface area (Å²) in [7, 11) is -2.85. The zero-order chi connectivity index (χ0) is 16.4. The summed E-state index contributed by atoms with van der Waals surface area (Å²) < 4.78 is 21.6. The number of rotatable bonds is 3. The lowest BCUT2D eigenvalue weighted by atomic mass is 10.1. The quantitative estimate of drug-likeness (QED) is 0.722. The van der Waals surface area contributed by atoms with Crippen molar-refractivity contribution in [1.29, 1.82) is 0 Å². The van der Waals surface area contributed by atoms with E-state index in [1.807, 2.05) is 0 Å². The van der Waals surface area contributed by atoms with Gasteiger partial charge in [-0.15, -0.1) is 11.3 Å². The van der Waals surface area contributed by atoms with Gasteiger partial charge in [0, 0.05) is 35.9 Å². The van der Waals surface area contributed by atoms with Crippen molar-refractivity contribution in [1.82, 2.24) is 15.1 Å². The molecule has 3 rings (SSSR count). The highest BCUT2D eigenvalue weighted by atomic mass is 32.2. The van der Waals surface area contributed by atoms with Gasteiger partial charge < -0.3 is 4.52 Å². The third-order valence-electron chi connectivity index (χ3n) is 2.89. The van der Waals surface area contributed by atoms with E-state index in [0.717, 1.165) is 0 Å². The standard InChI is InChI=1S/C14H12N4O3S2/c1-9-16-12(17-21-9)10-4-3-5-11(8-10)13(19)18-23(2,20)14-15-6-7-22-14/h3-8H,1-2H3. The Hall–Kier alpha value is -2.39. The number of carbonyl (C=O) groups is 1. The Labute approximate surface area is 136 Å². The van der Waals surface area contributed by atoms with Gasteiger partial charge in [0.05, 0.1) is 0 Å². The summed E-state index contributed by atoms with van der Waals surface area (Å²) >= 11 is 1.20. The summed E-state index contributed by atoms with van der Waals surface area (Å²) in [6.07, 6.45) is 2.93. The largest absolute Gasteiger partial charge is 0.339 e. The van der Waals surface area contributed by atoms with Crippen LogP contribution in [0.4, 0.5) is 0 Å². The molecule has 0 aliphatic heterocycles. The molecule has 118 valence electrons. The smallest absolute Gasteiger partial charge is 0.285 e. The van der Waals surface area contributed by atoms with E-state index in [-0.39, 0.29) is 0 Å². The monoisotopic (exact) mass is 348 g/mol. The lowest BCUT2D eigenvalue weighted by Gasteiger charge is -2.01. The maximum absolute atomic E-state index is 12.5. The third-order valence-corrected chi connectivity index (χ3v) is 5.93. The van der Waals surface area contributed by atoms with Crippen LogP contribution in [0.2, 0.25) is 0 Å². The molecular formula is C14H12N4O3S2. The van der Waals surface area contributed by atoms with Gasteiger partial charge in [0.2, 0.25) is 11.7 Å². The van der Waals surface area contributed by atoms with Crippen LogP contribution in [0, 0.1) is 6.92 Å². The number of benzene rings is 1. The molecule has 0 radical (unpaired) electrons. The molecule has 1 aromatic carbocycles. The lowest BCUT2D eigenvalue weighted by molar-refractivity contribution is 0.100. The van der Waals surface area contributed by atoms with E-state index in [2.05, 4.69) is 19.5 Å².